The van der Waals surface area contributed by atoms with Crippen LogP contribution in [0.5, 0.6) is 11.6 Å². The number of carboxylic acids is 1. The molecule has 0 fully saturated rings. The van der Waals surface area contributed by atoms with E-state index >= 15 is 0 Å². The number of nitrogens with zero attached hydrogens (tertiary/aromatic N) is 1. The number of aromatic nitrogens is 1. The fourth-order valence-corrected chi connectivity index (χ4v) is 1.71. The molecular formula is C13H9BrFNO3. The van der Waals surface area contributed by atoms with Crippen molar-refractivity contribution in [2.75, 3.05) is 0 Å². The van der Waals surface area contributed by atoms with Gasteiger partial charge in [0, 0.05) is 10.5 Å². The molecule has 4 nitrogen and oxygen atoms in total. The van der Waals surface area contributed by atoms with E-state index in [-0.39, 0.29) is 11.6 Å². The van der Waals surface area contributed by atoms with Gasteiger partial charge in [0.25, 0.3) is 0 Å². The van der Waals surface area contributed by atoms with Crippen LogP contribution in [0.1, 0.15) is 16.1 Å². The number of halogens is 2. The fraction of sp³-hybridized carbons (Fsp3) is 0.0769. The number of hydrogen-bond acceptors (Lipinski definition) is 3. The lowest BCUT2D eigenvalue weighted by Crippen LogP contribution is -2.04. The molecule has 0 aliphatic carbocycles. The Balaban J connectivity index is 2.40. The summed E-state index contributed by atoms with van der Waals surface area (Å²) < 4.78 is 19.6. The Morgan fingerprint density at radius 1 is 1.37 bits per heavy atom. The number of pyridine rings is 1. The van der Waals surface area contributed by atoms with Crippen LogP contribution in [0.3, 0.4) is 0 Å². The Morgan fingerprint density at radius 2 is 2.11 bits per heavy atom. The molecule has 0 amide bonds. The molecule has 0 saturated heterocycles. The van der Waals surface area contributed by atoms with Crippen LogP contribution in [0.4, 0.5) is 4.39 Å². The van der Waals surface area contributed by atoms with Gasteiger partial charge in [-0.25, -0.2) is 14.2 Å². The van der Waals surface area contributed by atoms with Crippen molar-refractivity contribution in [1.82, 2.24) is 4.98 Å². The number of rotatable bonds is 3. The topological polar surface area (TPSA) is 59.4 Å². The van der Waals surface area contributed by atoms with Crippen molar-refractivity contribution in [3.05, 3.63) is 51.9 Å². The maximum atomic E-state index is 13.5. The molecular weight excluding hydrogens is 317 g/mol. The predicted octanol–water partition coefficient (Wildman–Crippen LogP) is 3.78. The second-order valence-corrected chi connectivity index (χ2v) is 4.59. The molecule has 19 heavy (non-hydrogen) atoms. The third-order valence-electron chi connectivity index (χ3n) is 2.40. The minimum absolute atomic E-state index is 0.0817. The Kier molecular flexibility index (Phi) is 3.80. The van der Waals surface area contributed by atoms with Crippen LogP contribution in [0.15, 0.2) is 34.8 Å². The van der Waals surface area contributed by atoms with Crippen LogP contribution in [-0.2, 0) is 0 Å². The van der Waals surface area contributed by atoms with Gasteiger partial charge in [0.1, 0.15) is 17.1 Å². The summed E-state index contributed by atoms with van der Waals surface area (Å²) in [6.07, 6.45) is 0. The molecule has 0 aliphatic heterocycles. The molecule has 1 N–H and O–H groups in total. The molecule has 0 atom stereocenters. The van der Waals surface area contributed by atoms with Crippen molar-refractivity contribution in [3.63, 3.8) is 0 Å². The fourth-order valence-electron chi connectivity index (χ4n) is 1.49. The zero-order valence-electron chi connectivity index (χ0n) is 9.85. The summed E-state index contributed by atoms with van der Waals surface area (Å²) in [5, 5.41) is 8.98. The van der Waals surface area contributed by atoms with Gasteiger partial charge in [0.2, 0.25) is 5.88 Å². The maximum Gasteiger partial charge on any atom is 0.342 e. The van der Waals surface area contributed by atoms with Gasteiger partial charge < -0.3 is 9.84 Å². The lowest BCUT2D eigenvalue weighted by molar-refractivity contribution is 0.0689. The molecule has 0 saturated carbocycles. The average molecular weight is 326 g/mol. The Bertz CT molecular complexity index is 646. The van der Waals surface area contributed by atoms with Crippen LogP contribution < -0.4 is 4.74 Å². The normalized spacial score (nSPS) is 10.3. The highest BCUT2D eigenvalue weighted by molar-refractivity contribution is 9.10. The summed E-state index contributed by atoms with van der Waals surface area (Å²) in [6, 6.07) is 7.11. The number of carbonyl (C=O) groups is 1. The summed E-state index contributed by atoms with van der Waals surface area (Å²) in [5.74, 6) is -2.11. The van der Waals surface area contributed by atoms with Crippen molar-refractivity contribution in [2.45, 2.75) is 6.92 Å². The number of hydrogen-bond donors (Lipinski definition) is 1. The Morgan fingerprint density at radius 3 is 2.74 bits per heavy atom. The quantitative estimate of drug-likeness (QED) is 0.932. The zero-order chi connectivity index (χ0) is 14.0. The van der Waals surface area contributed by atoms with E-state index in [9.17, 15) is 9.18 Å². The molecule has 6 heteroatoms. The van der Waals surface area contributed by atoms with Crippen molar-refractivity contribution in [3.8, 4) is 11.6 Å². The van der Waals surface area contributed by atoms with E-state index in [1.54, 1.807) is 19.1 Å². The third kappa shape index (κ3) is 2.90. The predicted molar refractivity (Wildman–Crippen MR) is 70.1 cm³/mol. The Hall–Kier alpha value is -1.95. The first-order valence-corrected chi connectivity index (χ1v) is 6.11. The van der Waals surface area contributed by atoms with Gasteiger partial charge in [0.05, 0.1) is 5.69 Å². The molecule has 2 aromatic rings. The molecule has 1 aromatic carbocycles. The summed E-state index contributed by atoms with van der Waals surface area (Å²) in [4.78, 5) is 15.1. The number of carboxylic acid groups (broad SMARTS) is 1. The number of aromatic carboxylic acids is 1. The van der Waals surface area contributed by atoms with Gasteiger partial charge in [-0.2, -0.15) is 0 Å². The van der Waals surface area contributed by atoms with Crippen molar-refractivity contribution >= 4 is 21.9 Å². The SMILES string of the molecule is Cc1nc(Oc2cccc(F)c2C(=O)O)ccc1Br. The molecule has 1 heterocycles. The van der Waals surface area contributed by atoms with E-state index in [4.69, 9.17) is 9.84 Å². The van der Waals surface area contributed by atoms with E-state index in [1.165, 1.54) is 12.1 Å². The van der Waals surface area contributed by atoms with Gasteiger partial charge in [-0.05, 0) is 41.1 Å². The van der Waals surface area contributed by atoms with E-state index < -0.39 is 17.3 Å². The number of ether oxygens (including phenoxy) is 1. The van der Waals surface area contributed by atoms with E-state index in [2.05, 4.69) is 20.9 Å². The molecule has 2 rings (SSSR count). The highest BCUT2D eigenvalue weighted by Crippen LogP contribution is 2.27. The molecule has 0 radical (unpaired) electrons. The number of aryl methyl sites for hydroxylation is 1. The highest BCUT2D eigenvalue weighted by Gasteiger charge is 2.17. The second kappa shape index (κ2) is 5.36. The smallest absolute Gasteiger partial charge is 0.342 e. The Labute approximate surface area is 117 Å². The molecule has 0 aliphatic rings. The largest absolute Gasteiger partial charge is 0.477 e. The standard InChI is InChI=1S/C13H9BrFNO3/c1-7-8(14)5-6-11(16-7)19-10-4-2-3-9(15)12(10)13(17)18/h2-6H,1H3,(H,17,18). The summed E-state index contributed by atoms with van der Waals surface area (Å²) in [5.41, 5.74) is 0.177. The highest BCUT2D eigenvalue weighted by atomic mass is 79.9. The lowest BCUT2D eigenvalue weighted by Gasteiger charge is -2.09. The van der Waals surface area contributed by atoms with Crippen LogP contribution in [-0.4, -0.2) is 16.1 Å². The van der Waals surface area contributed by atoms with E-state index in [1.807, 2.05) is 0 Å². The van der Waals surface area contributed by atoms with Crippen LogP contribution in [0.25, 0.3) is 0 Å². The maximum absolute atomic E-state index is 13.5. The number of benzene rings is 1. The summed E-state index contributed by atoms with van der Waals surface area (Å²) in [7, 11) is 0. The molecule has 98 valence electrons. The van der Waals surface area contributed by atoms with Gasteiger partial charge >= 0.3 is 5.97 Å². The molecule has 0 spiro atoms. The van der Waals surface area contributed by atoms with Gasteiger partial charge in [-0.1, -0.05) is 6.07 Å². The zero-order valence-corrected chi connectivity index (χ0v) is 11.4. The van der Waals surface area contributed by atoms with Crippen molar-refractivity contribution < 1.29 is 19.0 Å². The van der Waals surface area contributed by atoms with Crippen molar-refractivity contribution in [1.29, 1.82) is 0 Å². The van der Waals surface area contributed by atoms with Crippen LogP contribution in [0, 0.1) is 12.7 Å². The minimum atomic E-state index is -1.39. The first-order chi connectivity index (χ1) is 8.99. The van der Waals surface area contributed by atoms with Gasteiger partial charge in [-0.3, -0.25) is 0 Å². The molecule has 0 bridgehead atoms. The minimum Gasteiger partial charge on any atom is -0.477 e. The van der Waals surface area contributed by atoms with Crippen molar-refractivity contribution in [2.24, 2.45) is 0 Å². The molecule has 1 aromatic heterocycles. The van der Waals surface area contributed by atoms with Gasteiger partial charge in [-0.15, -0.1) is 0 Å². The molecule has 0 unspecified atom stereocenters. The third-order valence-corrected chi connectivity index (χ3v) is 3.24. The monoisotopic (exact) mass is 325 g/mol. The first-order valence-electron chi connectivity index (χ1n) is 5.32. The van der Waals surface area contributed by atoms with E-state index in [0.29, 0.717) is 5.69 Å². The average Bonchev–Trinajstić information content (AvgIpc) is 2.33. The second-order valence-electron chi connectivity index (χ2n) is 3.74. The first kappa shape index (κ1) is 13.5. The lowest BCUT2D eigenvalue weighted by atomic mass is 10.2. The summed E-state index contributed by atoms with van der Waals surface area (Å²) >= 11 is 3.29. The van der Waals surface area contributed by atoms with Crippen LogP contribution in [0.2, 0.25) is 0 Å². The summed E-state index contributed by atoms with van der Waals surface area (Å²) in [6.45, 7) is 1.76. The van der Waals surface area contributed by atoms with Gasteiger partial charge in [0.15, 0.2) is 0 Å². The van der Waals surface area contributed by atoms with Crippen LogP contribution >= 0.6 is 15.9 Å². The van der Waals surface area contributed by atoms with E-state index in [0.717, 1.165) is 10.5 Å².